The van der Waals surface area contributed by atoms with Gasteiger partial charge in [0.2, 0.25) is 0 Å². The molecule has 1 fully saturated rings. The number of aldehydes is 1. The highest BCUT2D eigenvalue weighted by atomic mass is 16.5. The molecule has 0 atom stereocenters. The minimum absolute atomic E-state index is 0.290. The lowest BCUT2D eigenvalue weighted by Crippen LogP contribution is -2.34. The van der Waals surface area contributed by atoms with Crippen LogP contribution in [-0.2, 0) is 0 Å². The number of anilines is 1. The Morgan fingerprint density at radius 3 is 2.74 bits per heavy atom. The first-order chi connectivity index (χ1) is 13.1. The first-order valence-corrected chi connectivity index (χ1v) is 9.84. The van der Waals surface area contributed by atoms with Crippen molar-refractivity contribution in [3.63, 3.8) is 0 Å². The summed E-state index contributed by atoms with van der Waals surface area (Å²) in [5.74, 6) is 2.63. The number of hydrogen-bond acceptors (Lipinski definition) is 6. The summed E-state index contributed by atoms with van der Waals surface area (Å²) in [5.41, 5.74) is 1.67. The molecule has 1 aromatic carbocycles. The second-order valence-electron chi connectivity index (χ2n) is 7.65. The van der Waals surface area contributed by atoms with Crippen LogP contribution < -0.4 is 9.64 Å². The molecule has 0 unspecified atom stereocenters. The third-order valence-electron chi connectivity index (χ3n) is 5.23. The van der Waals surface area contributed by atoms with Gasteiger partial charge in [-0.15, -0.1) is 0 Å². The molecule has 0 amide bonds. The average molecular weight is 371 g/mol. The van der Waals surface area contributed by atoms with E-state index in [1.54, 1.807) is 0 Å². The fourth-order valence-electron chi connectivity index (χ4n) is 3.43. The second-order valence-corrected chi connectivity index (χ2v) is 7.65. The van der Waals surface area contributed by atoms with Crippen LogP contribution in [0.2, 0.25) is 0 Å². The molecule has 1 saturated heterocycles. The lowest BCUT2D eigenvalue weighted by atomic mass is 9.92. The van der Waals surface area contributed by atoms with Gasteiger partial charge in [0.15, 0.2) is 5.82 Å². The van der Waals surface area contributed by atoms with Crippen molar-refractivity contribution in [2.75, 3.05) is 24.6 Å². The second kappa shape index (κ2) is 9.02. The van der Waals surface area contributed by atoms with Gasteiger partial charge in [0.05, 0.1) is 6.61 Å². The number of ether oxygens (including phenoxy) is 1. The molecule has 0 radical (unpaired) electrons. The van der Waals surface area contributed by atoms with Crippen molar-refractivity contribution in [3.05, 3.63) is 35.2 Å². The Kier molecular flexibility index (Phi) is 6.48. The van der Waals surface area contributed by atoms with E-state index in [2.05, 4.69) is 28.9 Å². The van der Waals surface area contributed by atoms with Gasteiger partial charge < -0.3 is 14.2 Å². The number of aryl methyl sites for hydroxylation is 1. The first-order valence-electron chi connectivity index (χ1n) is 9.84. The molecule has 2 heterocycles. The SMILES string of the molecule is Cc1cc(OCCCC2CCN(c3nc(C(C)C)no3)CC2)ccc1C=O. The largest absolute Gasteiger partial charge is 0.494 e. The number of piperidine rings is 1. The van der Waals surface area contributed by atoms with E-state index in [0.717, 1.165) is 67.3 Å². The third-order valence-corrected chi connectivity index (χ3v) is 5.23. The molecule has 27 heavy (non-hydrogen) atoms. The quantitative estimate of drug-likeness (QED) is 0.506. The maximum atomic E-state index is 10.9. The lowest BCUT2D eigenvalue weighted by molar-refractivity contribution is 0.112. The van der Waals surface area contributed by atoms with E-state index in [1.165, 1.54) is 6.42 Å². The lowest BCUT2D eigenvalue weighted by Gasteiger charge is -2.30. The average Bonchev–Trinajstić information content (AvgIpc) is 3.16. The van der Waals surface area contributed by atoms with E-state index < -0.39 is 0 Å². The minimum Gasteiger partial charge on any atom is -0.494 e. The zero-order valence-electron chi connectivity index (χ0n) is 16.5. The highest BCUT2D eigenvalue weighted by Crippen LogP contribution is 2.26. The monoisotopic (exact) mass is 371 g/mol. The van der Waals surface area contributed by atoms with Gasteiger partial charge in [-0.3, -0.25) is 4.79 Å². The standard InChI is InChI=1S/C21H29N3O3/c1-15(2)20-22-21(27-23-20)24-10-8-17(9-11-24)5-4-12-26-19-7-6-18(14-25)16(3)13-19/h6-7,13-15,17H,4-5,8-12H2,1-3H3. The Balaban J connectivity index is 1.37. The van der Waals surface area contributed by atoms with Crippen LogP contribution in [0.1, 0.15) is 67.2 Å². The Morgan fingerprint density at radius 2 is 2.11 bits per heavy atom. The van der Waals surface area contributed by atoms with Crippen LogP contribution in [0.15, 0.2) is 22.7 Å². The first kappa shape index (κ1) is 19.4. The molecule has 1 aromatic heterocycles. The van der Waals surface area contributed by atoms with Crippen LogP contribution in [0.4, 0.5) is 6.01 Å². The number of carbonyl (C=O) groups is 1. The maximum Gasteiger partial charge on any atom is 0.324 e. The van der Waals surface area contributed by atoms with Gasteiger partial charge in [0, 0.05) is 24.6 Å². The molecular formula is C21H29N3O3. The van der Waals surface area contributed by atoms with Crippen molar-refractivity contribution in [2.45, 2.75) is 52.4 Å². The van der Waals surface area contributed by atoms with Gasteiger partial charge >= 0.3 is 6.01 Å². The number of hydrogen-bond donors (Lipinski definition) is 0. The fraction of sp³-hybridized carbons (Fsp3) is 0.571. The van der Waals surface area contributed by atoms with E-state index in [9.17, 15) is 4.79 Å². The van der Waals surface area contributed by atoms with Gasteiger partial charge in [-0.1, -0.05) is 19.0 Å². The van der Waals surface area contributed by atoms with Crippen molar-refractivity contribution in [1.29, 1.82) is 0 Å². The summed E-state index contributed by atoms with van der Waals surface area (Å²) in [6, 6.07) is 6.27. The normalized spacial score (nSPS) is 15.3. The van der Waals surface area contributed by atoms with E-state index >= 15 is 0 Å². The molecular weight excluding hydrogens is 342 g/mol. The van der Waals surface area contributed by atoms with Gasteiger partial charge in [-0.05, 0) is 62.3 Å². The van der Waals surface area contributed by atoms with Crippen molar-refractivity contribution in [2.24, 2.45) is 5.92 Å². The molecule has 2 aromatic rings. The molecule has 0 bridgehead atoms. The van der Waals surface area contributed by atoms with E-state index in [1.807, 2.05) is 25.1 Å². The van der Waals surface area contributed by atoms with Gasteiger partial charge in [-0.25, -0.2) is 0 Å². The highest BCUT2D eigenvalue weighted by Gasteiger charge is 2.23. The van der Waals surface area contributed by atoms with Gasteiger partial charge in [0.1, 0.15) is 12.0 Å². The Morgan fingerprint density at radius 1 is 1.33 bits per heavy atom. The molecule has 146 valence electrons. The van der Waals surface area contributed by atoms with Crippen molar-refractivity contribution < 1.29 is 14.1 Å². The predicted octanol–water partition coefficient (Wildman–Crippen LogP) is 4.39. The predicted molar refractivity (Wildman–Crippen MR) is 105 cm³/mol. The van der Waals surface area contributed by atoms with E-state index in [-0.39, 0.29) is 0 Å². The zero-order chi connectivity index (χ0) is 19.2. The molecule has 0 aliphatic carbocycles. The molecule has 6 nitrogen and oxygen atoms in total. The van der Waals surface area contributed by atoms with Gasteiger partial charge in [-0.2, -0.15) is 4.98 Å². The molecule has 3 rings (SSSR count). The Bertz CT molecular complexity index is 749. The summed E-state index contributed by atoms with van der Waals surface area (Å²) in [4.78, 5) is 17.6. The molecule has 0 spiro atoms. The number of benzene rings is 1. The minimum atomic E-state index is 0.290. The summed E-state index contributed by atoms with van der Waals surface area (Å²) in [6.07, 6.45) is 5.38. The maximum absolute atomic E-state index is 10.9. The summed E-state index contributed by atoms with van der Waals surface area (Å²) in [6.45, 7) is 8.72. The number of nitrogens with zero attached hydrogens (tertiary/aromatic N) is 3. The number of rotatable bonds is 8. The highest BCUT2D eigenvalue weighted by molar-refractivity contribution is 5.77. The smallest absolute Gasteiger partial charge is 0.324 e. The summed E-state index contributed by atoms with van der Waals surface area (Å²) >= 11 is 0. The van der Waals surface area contributed by atoms with E-state index in [4.69, 9.17) is 9.26 Å². The summed E-state index contributed by atoms with van der Waals surface area (Å²) in [5, 5.41) is 4.05. The third kappa shape index (κ3) is 5.08. The van der Waals surface area contributed by atoms with Crippen LogP contribution in [-0.4, -0.2) is 36.1 Å². The van der Waals surface area contributed by atoms with Crippen molar-refractivity contribution in [3.8, 4) is 5.75 Å². The van der Waals surface area contributed by atoms with Crippen LogP contribution in [0.3, 0.4) is 0 Å². The topological polar surface area (TPSA) is 68.5 Å². The van der Waals surface area contributed by atoms with Crippen molar-refractivity contribution in [1.82, 2.24) is 10.1 Å². The number of aromatic nitrogens is 2. The fourth-order valence-corrected chi connectivity index (χ4v) is 3.43. The Labute approximate surface area is 160 Å². The molecule has 0 N–H and O–H groups in total. The Hall–Kier alpha value is -2.37. The molecule has 0 saturated carbocycles. The zero-order valence-corrected chi connectivity index (χ0v) is 16.5. The van der Waals surface area contributed by atoms with Gasteiger partial charge in [0.25, 0.3) is 0 Å². The van der Waals surface area contributed by atoms with Crippen LogP contribution in [0, 0.1) is 12.8 Å². The van der Waals surface area contributed by atoms with Crippen LogP contribution in [0.5, 0.6) is 5.75 Å². The summed E-state index contributed by atoms with van der Waals surface area (Å²) < 4.78 is 11.2. The van der Waals surface area contributed by atoms with E-state index in [0.29, 0.717) is 18.5 Å². The molecule has 6 heteroatoms. The van der Waals surface area contributed by atoms with Crippen LogP contribution in [0.25, 0.3) is 0 Å². The number of carbonyl (C=O) groups excluding carboxylic acids is 1. The van der Waals surface area contributed by atoms with Crippen LogP contribution >= 0.6 is 0 Å². The molecule has 1 aliphatic rings. The van der Waals surface area contributed by atoms with Crippen molar-refractivity contribution >= 4 is 12.3 Å². The summed E-state index contributed by atoms with van der Waals surface area (Å²) in [7, 11) is 0. The molecule has 1 aliphatic heterocycles.